The van der Waals surface area contributed by atoms with E-state index in [-0.39, 0.29) is 5.91 Å². The van der Waals surface area contributed by atoms with E-state index in [1.165, 1.54) is 5.39 Å². The summed E-state index contributed by atoms with van der Waals surface area (Å²) in [6.45, 7) is 7.34. The SMILES string of the molecule is Cc1cc(N2CCN(C(=O)CCOc3ccc4ccccc4c3)CC2)c(C)cc1C=O. The Morgan fingerprint density at radius 2 is 1.68 bits per heavy atom. The fraction of sp³-hybridized carbons (Fsp3) is 0.308. The van der Waals surface area contributed by atoms with E-state index in [4.69, 9.17) is 4.74 Å². The number of hydrogen-bond acceptors (Lipinski definition) is 4. The van der Waals surface area contributed by atoms with Crippen molar-refractivity contribution in [1.82, 2.24) is 4.90 Å². The maximum atomic E-state index is 12.6. The van der Waals surface area contributed by atoms with Crippen molar-refractivity contribution in [2.24, 2.45) is 0 Å². The highest BCUT2D eigenvalue weighted by molar-refractivity contribution is 5.84. The molecule has 3 aromatic rings. The van der Waals surface area contributed by atoms with Crippen LogP contribution in [0.15, 0.2) is 54.6 Å². The Morgan fingerprint density at radius 1 is 0.935 bits per heavy atom. The van der Waals surface area contributed by atoms with Crippen LogP contribution in [0.5, 0.6) is 5.75 Å². The van der Waals surface area contributed by atoms with Gasteiger partial charge >= 0.3 is 0 Å². The molecule has 5 nitrogen and oxygen atoms in total. The maximum absolute atomic E-state index is 12.6. The van der Waals surface area contributed by atoms with Crippen LogP contribution in [0.2, 0.25) is 0 Å². The minimum Gasteiger partial charge on any atom is -0.493 e. The number of piperazine rings is 1. The van der Waals surface area contributed by atoms with Crippen LogP contribution in [0, 0.1) is 13.8 Å². The number of carbonyl (C=O) groups is 2. The molecule has 1 fully saturated rings. The van der Waals surface area contributed by atoms with Crippen LogP contribution in [0.4, 0.5) is 5.69 Å². The van der Waals surface area contributed by atoms with Gasteiger partial charge in [-0.05, 0) is 60.0 Å². The second kappa shape index (κ2) is 9.21. The molecule has 0 radical (unpaired) electrons. The normalized spacial score (nSPS) is 14.0. The summed E-state index contributed by atoms with van der Waals surface area (Å²) < 4.78 is 5.83. The van der Waals surface area contributed by atoms with Gasteiger partial charge in [-0.15, -0.1) is 0 Å². The minimum atomic E-state index is 0.129. The number of carbonyl (C=O) groups excluding carboxylic acids is 2. The van der Waals surface area contributed by atoms with Crippen LogP contribution in [-0.4, -0.2) is 49.9 Å². The maximum Gasteiger partial charge on any atom is 0.226 e. The van der Waals surface area contributed by atoms with Crippen molar-refractivity contribution >= 4 is 28.7 Å². The largest absolute Gasteiger partial charge is 0.493 e. The van der Waals surface area contributed by atoms with Gasteiger partial charge in [-0.25, -0.2) is 0 Å². The predicted octanol–water partition coefficient (Wildman–Crippen LogP) is 4.39. The molecule has 0 saturated carbocycles. The molecule has 1 aliphatic rings. The minimum absolute atomic E-state index is 0.129. The second-order valence-electron chi connectivity index (χ2n) is 8.09. The van der Waals surface area contributed by atoms with Crippen LogP contribution in [0.1, 0.15) is 27.9 Å². The molecule has 4 rings (SSSR count). The summed E-state index contributed by atoms with van der Waals surface area (Å²) in [6, 6.07) is 18.2. The first kappa shape index (κ1) is 20.9. The van der Waals surface area contributed by atoms with Gasteiger partial charge in [-0.3, -0.25) is 9.59 Å². The molecule has 0 aromatic heterocycles. The second-order valence-corrected chi connectivity index (χ2v) is 8.09. The molecule has 0 atom stereocenters. The monoisotopic (exact) mass is 416 g/mol. The summed E-state index contributed by atoms with van der Waals surface area (Å²) in [5, 5.41) is 2.31. The number of nitrogens with zero attached hydrogens (tertiary/aromatic N) is 2. The summed E-state index contributed by atoms with van der Waals surface area (Å²) in [5.74, 6) is 0.922. The van der Waals surface area contributed by atoms with E-state index in [1.54, 1.807) is 0 Å². The molecule has 1 aliphatic heterocycles. The summed E-state index contributed by atoms with van der Waals surface area (Å²) >= 11 is 0. The first-order valence-corrected chi connectivity index (χ1v) is 10.8. The highest BCUT2D eigenvalue weighted by Crippen LogP contribution is 2.25. The smallest absolute Gasteiger partial charge is 0.226 e. The van der Waals surface area contributed by atoms with Gasteiger partial charge in [-0.2, -0.15) is 0 Å². The van der Waals surface area contributed by atoms with Crippen molar-refractivity contribution in [2.45, 2.75) is 20.3 Å². The molecule has 0 N–H and O–H groups in total. The molecule has 0 aliphatic carbocycles. The molecule has 160 valence electrons. The van der Waals surface area contributed by atoms with Crippen molar-refractivity contribution in [1.29, 1.82) is 0 Å². The number of benzene rings is 3. The van der Waals surface area contributed by atoms with Gasteiger partial charge in [0.15, 0.2) is 0 Å². The lowest BCUT2D eigenvalue weighted by Gasteiger charge is -2.37. The van der Waals surface area contributed by atoms with Gasteiger partial charge in [0.05, 0.1) is 13.0 Å². The van der Waals surface area contributed by atoms with Crippen LogP contribution in [-0.2, 0) is 4.79 Å². The first-order chi connectivity index (χ1) is 15.0. The Balaban J connectivity index is 1.28. The molecule has 5 heteroatoms. The Bertz CT molecular complexity index is 1100. The molecule has 1 amide bonds. The Kier molecular flexibility index (Phi) is 6.21. The van der Waals surface area contributed by atoms with Gasteiger partial charge in [-0.1, -0.05) is 30.3 Å². The highest BCUT2D eigenvalue weighted by Gasteiger charge is 2.22. The number of ether oxygens (including phenoxy) is 1. The molecule has 31 heavy (non-hydrogen) atoms. The summed E-state index contributed by atoms with van der Waals surface area (Å²) in [6.07, 6.45) is 1.28. The topological polar surface area (TPSA) is 49.9 Å². The van der Waals surface area contributed by atoms with E-state index in [1.807, 2.05) is 55.1 Å². The Labute approximate surface area is 183 Å². The van der Waals surface area contributed by atoms with E-state index >= 15 is 0 Å². The van der Waals surface area contributed by atoms with Crippen molar-refractivity contribution in [3.05, 3.63) is 71.3 Å². The van der Waals surface area contributed by atoms with Crippen LogP contribution in [0.25, 0.3) is 10.8 Å². The molecule has 0 spiro atoms. The number of aldehydes is 1. The van der Waals surface area contributed by atoms with Crippen molar-refractivity contribution < 1.29 is 14.3 Å². The first-order valence-electron chi connectivity index (χ1n) is 10.8. The predicted molar refractivity (Wildman–Crippen MR) is 124 cm³/mol. The molecule has 1 heterocycles. The van der Waals surface area contributed by atoms with Gasteiger partial charge in [0.1, 0.15) is 12.0 Å². The quantitative estimate of drug-likeness (QED) is 0.560. The fourth-order valence-corrected chi connectivity index (χ4v) is 4.16. The fourth-order valence-electron chi connectivity index (χ4n) is 4.16. The number of amides is 1. The van der Waals surface area contributed by atoms with Gasteiger partial charge in [0, 0.05) is 37.4 Å². The van der Waals surface area contributed by atoms with Crippen molar-refractivity contribution in [3.8, 4) is 5.75 Å². The molecule has 1 saturated heterocycles. The third-order valence-corrected chi connectivity index (χ3v) is 5.99. The standard InChI is InChI=1S/C26H28N2O3/c1-19-16-25(20(2)15-23(19)18-29)27-10-12-28(13-11-27)26(30)9-14-31-24-8-7-21-5-3-4-6-22(21)17-24/h3-8,15-18H,9-14H2,1-2H3. The molecular weight excluding hydrogens is 388 g/mol. The summed E-state index contributed by atoms with van der Waals surface area (Å²) in [7, 11) is 0. The Hall–Kier alpha value is -3.34. The zero-order chi connectivity index (χ0) is 21.8. The van der Waals surface area contributed by atoms with Crippen molar-refractivity contribution in [3.63, 3.8) is 0 Å². The summed E-state index contributed by atoms with van der Waals surface area (Å²) in [4.78, 5) is 28.0. The van der Waals surface area contributed by atoms with E-state index < -0.39 is 0 Å². The molecule has 3 aromatic carbocycles. The third kappa shape index (κ3) is 4.71. The summed E-state index contributed by atoms with van der Waals surface area (Å²) in [5.41, 5.74) is 3.97. The average molecular weight is 417 g/mol. The lowest BCUT2D eigenvalue weighted by molar-refractivity contribution is -0.132. The lowest BCUT2D eigenvalue weighted by Crippen LogP contribution is -2.49. The number of aryl methyl sites for hydroxylation is 2. The van der Waals surface area contributed by atoms with Crippen molar-refractivity contribution in [2.75, 3.05) is 37.7 Å². The van der Waals surface area contributed by atoms with Gasteiger partial charge in [0.25, 0.3) is 0 Å². The van der Waals surface area contributed by atoms with Gasteiger partial charge in [0.2, 0.25) is 5.91 Å². The van der Waals surface area contributed by atoms with Gasteiger partial charge < -0.3 is 14.5 Å². The lowest BCUT2D eigenvalue weighted by atomic mass is 10.0. The van der Waals surface area contributed by atoms with Crippen LogP contribution >= 0.6 is 0 Å². The number of fused-ring (bicyclic) bond motifs is 1. The van der Waals surface area contributed by atoms with E-state index in [9.17, 15) is 9.59 Å². The Morgan fingerprint density at radius 3 is 2.42 bits per heavy atom. The van der Waals surface area contributed by atoms with Crippen LogP contribution < -0.4 is 9.64 Å². The zero-order valence-corrected chi connectivity index (χ0v) is 18.1. The molecule has 0 unspecified atom stereocenters. The highest BCUT2D eigenvalue weighted by atomic mass is 16.5. The van der Waals surface area contributed by atoms with Crippen LogP contribution in [0.3, 0.4) is 0 Å². The zero-order valence-electron chi connectivity index (χ0n) is 18.1. The molecule has 0 bridgehead atoms. The average Bonchev–Trinajstić information content (AvgIpc) is 2.80. The number of rotatable bonds is 6. The van der Waals surface area contributed by atoms with E-state index in [2.05, 4.69) is 23.1 Å². The third-order valence-electron chi connectivity index (χ3n) is 5.99. The van der Waals surface area contributed by atoms with E-state index in [0.717, 1.165) is 52.9 Å². The number of hydrogen-bond donors (Lipinski definition) is 0. The number of anilines is 1. The van der Waals surface area contributed by atoms with E-state index in [0.29, 0.717) is 26.1 Å². The molecular formula is C26H28N2O3.